The quantitative estimate of drug-likeness (QED) is 0.748. The zero-order valence-electron chi connectivity index (χ0n) is 8.99. The summed E-state index contributed by atoms with van der Waals surface area (Å²) in [5.74, 6) is 0.580. The van der Waals surface area contributed by atoms with Gasteiger partial charge in [0.2, 0.25) is 0 Å². The molecule has 0 amide bonds. The molecule has 0 radical (unpaired) electrons. The fourth-order valence-electron chi connectivity index (χ4n) is 1.11. The van der Waals surface area contributed by atoms with Gasteiger partial charge in [-0.15, -0.1) is 0 Å². The highest BCUT2D eigenvalue weighted by Crippen LogP contribution is 2.18. The van der Waals surface area contributed by atoms with Crippen molar-refractivity contribution in [2.45, 2.75) is 0 Å². The van der Waals surface area contributed by atoms with Crippen LogP contribution in [-0.4, -0.2) is 37.1 Å². The standard InChI is InChI=1S/C10H15N5/c1-15(2)6-5-14-10-9(12)8(7-11)3-4-13-10/h3-4H,5-6,12H2,1-2H3,(H,13,14). The Balaban J connectivity index is 2.66. The number of nitriles is 1. The highest BCUT2D eigenvalue weighted by Gasteiger charge is 2.04. The molecule has 15 heavy (non-hydrogen) atoms. The predicted molar refractivity (Wildman–Crippen MR) is 60.4 cm³/mol. The van der Waals surface area contributed by atoms with E-state index < -0.39 is 0 Å². The molecule has 0 aliphatic carbocycles. The number of pyridine rings is 1. The number of aromatic nitrogens is 1. The molecule has 0 aromatic carbocycles. The summed E-state index contributed by atoms with van der Waals surface area (Å²) < 4.78 is 0. The number of nitrogens with zero attached hydrogens (tertiary/aromatic N) is 3. The van der Waals surface area contributed by atoms with Gasteiger partial charge in [-0.05, 0) is 20.2 Å². The molecular formula is C10H15N5. The van der Waals surface area contributed by atoms with E-state index >= 15 is 0 Å². The molecule has 1 aromatic heterocycles. The van der Waals surface area contributed by atoms with Gasteiger partial charge in [0.15, 0.2) is 5.82 Å². The average molecular weight is 205 g/mol. The third-order valence-electron chi connectivity index (χ3n) is 1.96. The molecular weight excluding hydrogens is 190 g/mol. The molecule has 5 nitrogen and oxygen atoms in total. The summed E-state index contributed by atoms with van der Waals surface area (Å²) >= 11 is 0. The van der Waals surface area contributed by atoms with E-state index in [1.807, 2.05) is 20.2 Å². The summed E-state index contributed by atoms with van der Waals surface area (Å²) in [6.07, 6.45) is 1.58. The van der Waals surface area contributed by atoms with E-state index in [9.17, 15) is 0 Å². The number of nitrogens with two attached hydrogens (primary N) is 1. The lowest BCUT2D eigenvalue weighted by atomic mass is 10.2. The summed E-state index contributed by atoms with van der Waals surface area (Å²) in [6.45, 7) is 1.64. The summed E-state index contributed by atoms with van der Waals surface area (Å²) in [7, 11) is 3.98. The van der Waals surface area contributed by atoms with Crippen LogP contribution in [0.4, 0.5) is 11.5 Å². The molecule has 0 saturated heterocycles. The van der Waals surface area contributed by atoms with Crippen LogP contribution in [0.5, 0.6) is 0 Å². The van der Waals surface area contributed by atoms with Gasteiger partial charge in [0.25, 0.3) is 0 Å². The van der Waals surface area contributed by atoms with Crippen LogP contribution in [0.1, 0.15) is 5.56 Å². The second-order valence-electron chi connectivity index (χ2n) is 3.46. The van der Waals surface area contributed by atoms with Crippen molar-refractivity contribution in [1.29, 1.82) is 5.26 Å². The first kappa shape index (κ1) is 11.3. The maximum absolute atomic E-state index is 8.76. The van der Waals surface area contributed by atoms with Crippen molar-refractivity contribution in [1.82, 2.24) is 9.88 Å². The minimum Gasteiger partial charge on any atom is -0.395 e. The van der Waals surface area contributed by atoms with Gasteiger partial charge >= 0.3 is 0 Å². The molecule has 0 aliphatic heterocycles. The molecule has 3 N–H and O–H groups in total. The maximum Gasteiger partial charge on any atom is 0.150 e. The summed E-state index contributed by atoms with van der Waals surface area (Å²) in [6, 6.07) is 3.62. The van der Waals surface area contributed by atoms with Crippen LogP contribution in [0.25, 0.3) is 0 Å². The fourth-order valence-corrected chi connectivity index (χ4v) is 1.11. The zero-order chi connectivity index (χ0) is 11.3. The van der Waals surface area contributed by atoms with E-state index in [1.165, 1.54) is 0 Å². The first-order valence-corrected chi connectivity index (χ1v) is 4.68. The Kier molecular flexibility index (Phi) is 3.89. The lowest BCUT2D eigenvalue weighted by Crippen LogP contribution is -2.21. The van der Waals surface area contributed by atoms with Crippen molar-refractivity contribution >= 4 is 11.5 Å². The van der Waals surface area contributed by atoms with Crippen LogP contribution in [0.15, 0.2) is 12.3 Å². The van der Waals surface area contributed by atoms with Crippen LogP contribution in [0.2, 0.25) is 0 Å². The van der Waals surface area contributed by atoms with Crippen molar-refractivity contribution in [2.24, 2.45) is 0 Å². The Morgan fingerprint density at radius 1 is 1.60 bits per heavy atom. The van der Waals surface area contributed by atoms with Gasteiger partial charge in [-0.2, -0.15) is 5.26 Å². The second-order valence-corrected chi connectivity index (χ2v) is 3.46. The monoisotopic (exact) mass is 205 g/mol. The molecule has 0 unspecified atom stereocenters. The predicted octanol–water partition coefficient (Wildman–Crippen LogP) is 0.509. The summed E-state index contributed by atoms with van der Waals surface area (Å²) in [5, 5.41) is 11.9. The number of hydrogen-bond acceptors (Lipinski definition) is 5. The largest absolute Gasteiger partial charge is 0.395 e. The third kappa shape index (κ3) is 3.11. The van der Waals surface area contributed by atoms with Crippen LogP contribution in [0.3, 0.4) is 0 Å². The zero-order valence-corrected chi connectivity index (χ0v) is 8.99. The van der Waals surface area contributed by atoms with Gasteiger partial charge in [0.05, 0.1) is 11.3 Å². The Bertz CT molecular complexity index is 367. The molecule has 0 atom stereocenters. The van der Waals surface area contributed by atoms with Crippen LogP contribution in [0, 0.1) is 11.3 Å². The van der Waals surface area contributed by atoms with E-state index in [-0.39, 0.29) is 0 Å². The van der Waals surface area contributed by atoms with Gasteiger partial charge in [-0.3, -0.25) is 0 Å². The average Bonchev–Trinajstić information content (AvgIpc) is 2.20. The molecule has 0 fully saturated rings. The van der Waals surface area contributed by atoms with Gasteiger partial charge in [-0.25, -0.2) is 4.98 Å². The number of rotatable bonds is 4. The molecule has 0 aliphatic rings. The topological polar surface area (TPSA) is 78.0 Å². The van der Waals surface area contributed by atoms with Crippen molar-refractivity contribution in [2.75, 3.05) is 38.2 Å². The van der Waals surface area contributed by atoms with Crippen molar-refractivity contribution < 1.29 is 0 Å². The smallest absolute Gasteiger partial charge is 0.150 e. The van der Waals surface area contributed by atoms with E-state index in [0.29, 0.717) is 17.1 Å². The van der Waals surface area contributed by atoms with Gasteiger partial charge in [0.1, 0.15) is 6.07 Å². The highest BCUT2D eigenvalue weighted by molar-refractivity contribution is 5.68. The Hall–Kier alpha value is -1.80. The molecule has 80 valence electrons. The number of hydrogen-bond donors (Lipinski definition) is 2. The Labute approximate surface area is 89.5 Å². The lowest BCUT2D eigenvalue weighted by Gasteiger charge is -2.12. The number of likely N-dealkylation sites (N-methyl/N-ethyl adjacent to an activating group) is 1. The number of anilines is 2. The van der Waals surface area contributed by atoms with E-state index in [1.54, 1.807) is 12.3 Å². The Morgan fingerprint density at radius 3 is 2.93 bits per heavy atom. The summed E-state index contributed by atoms with van der Waals surface area (Å²) in [5.41, 5.74) is 6.62. The molecule has 1 rings (SSSR count). The number of nitrogen functional groups attached to an aromatic ring is 1. The molecule has 1 aromatic rings. The molecule has 0 saturated carbocycles. The van der Waals surface area contributed by atoms with Gasteiger partial charge < -0.3 is 16.0 Å². The molecule has 0 spiro atoms. The SMILES string of the molecule is CN(C)CCNc1nccc(C#N)c1N. The van der Waals surface area contributed by atoms with Gasteiger partial charge in [-0.1, -0.05) is 0 Å². The summed E-state index contributed by atoms with van der Waals surface area (Å²) in [4.78, 5) is 6.13. The first-order valence-electron chi connectivity index (χ1n) is 4.68. The van der Waals surface area contributed by atoms with E-state index in [2.05, 4.69) is 15.2 Å². The first-order chi connectivity index (χ1) is 7.15. The van der Waals surface area contributed by atoms with Crippen LogP contribution < -0.4 is 11.1 Å². The minimum absolute atomic E-state index is 0.416. The Morgan fingerprint density at radius 2 is 2.33 bits per heavy atom. The molecule has 0 bridgehead atoms. The minimum atomic E-state index is 0.416. The van der Waals surface area contributed by atoms with Crippen molar-refractivity contribution in [3.63, 3.8) is 0 Å². The highest BCUT2D eigenvalue weighted by atomic mass is 15.1. The van der Waals surface area contributed by atoms with E-state index in [4.69, 9.17) is 11.0 Å². The number of nitrogens with one attached hydrogen (secondary N) is 1. The maximum atomic E-state index is 8.76. The van der Waals surface area contributed by atoms with Crippen LogP contribution >= 0.6 is 0 Å². The third-order valence-corrected chi connectivity index (χ3v) is 1.96. The van der Waals surface area contributed by atoms with Gasteiger partial charge in [0, 0.05) is 19.3 Å². The lowest BCUT2D eigenvalue weighted by molar-refractivity contribution is 0.425. The second kappa shape index (κ2) is 5.17. The van der Waals surface area contributed by atoms with E-state index in [0.717, 1.165) is 13.1 Å². The van der Waals surface area contributed by atoms with Crippen LogP contribution in [-0.2, 0) is 0 Å². The molecule has 5 heteroatoms. The molecule has 1 heterocycles. The fraction of sp³-hybridized carbons (Fsp3) is 0.400. The van der Waals surface area contributed by atoms with Crippen molar-refractivity contribution in [3.05, 3.63) is 17.8 Å². The normalized spacial score (nSPS) is 10.0. The van der Waals surface area contributed by atoms with Crippen molar-refractivity contribution in [3.8, 4) is 6.07 Å².